The number of methoxy groups -OCH3 is 1. The van der Waals surface area contributed by atoms with Gasteiger partial charge >= 0.3 is 8.80 Å². The third kappa shape index (κ3) is 13.0. The summed E-state index contributed by atoms with van der Waals surface area (Å²) in [5, 5.41) is 0. The first-order chi connectivity index (χ1) is 11.2. The van der Waals surface area contributed by atoms with E-state index < -0.39 is 8.80 Å². The molecule has 6 heteroatoms. The van der Waals surface area contributed by atoms with E-state index in [0.29, 0.717) is 6.61 Å². The van der Waals surface area contributed by atoms with Crippen LogP contribution < -0.4 is 0 Å². The topological polar surface area (TPSA) is 46.2 Å². The summed E-state index contributed by atoms with van der Waals surface area (Å²) in [6.07, 6.45) is 11.4. The minimum absolute atomic E-state index is 0.697. The van der Waals surface area contributed by atoms with E-state index in [1.807, 2.05) is 0 Å². The fourth-order valence-corrected chi connectivity index (χ4v) is 4.38. The number of hydrogen-bond donors (Lipinski definition) is 0. The van der Waals surface area contributed by atoms with Gasteiger partial charge in [-0.2, -0.15) is 0 Å². The van der Waals surface area contributed by atoms with Gasteiger partial charge in [0.25, 0.3) is 0 Å². The molecule has 23 heavy (non-hydrogen) atoms. The Morgan fingerprint density at radius 1 is 0.522 bits per heavy atom. The summed E-state index contributed by atoms with van der Waals surface area (Å²) in [5.41, 5.74) is 0. The summed E-state index contributed by atoms with van der Waals surface area (Å²) in [4.78, 5) is 0. The van der Waals surface area contributed by atoms with Crippen LogP contribution >= 0.6 is 0 Å². The summed E-state index contributed by atoms with van der Waals surface area (Å²) < 4.78 is 26.7. The SMILES string of the molecule is COCCOCCCCCCCCCCC[Si](OC)(OC)OC. The van der Waals surface area contributed by atoms with Crippen molar-refractivity contribution in [3.05, 3.63) is 0 Å². The Morgan fingerprint density at radius 3 is 1.48 bits per heavy atom. The molecule has 0 saturated carbocycles. The predicted octanol–water partition coefficient (Wildman–Crippen LogP) is 4.04. The molecule has 0 aliphatic carbocycles. The molecule has 0 aromatic carbocycles. The van der Waals surface area contributed by atoms with Crippen molar-refractivity contribution in [2.45, 2.75) is 63.8 Å². The maximum absolute atomic E-state index is 5.45. The van der Waals surface area contributed by atoms with Crippen LogP contribution in [0.5, 0.6) is 0 Å². The Hall–Kier alpha value is 0.0169. The number of hydrogen-bond acceptors (Lipinski definition) is 5. The maximum atomic E-state index is 5.45. The van der Waals surface area contributed by atoms with Gasteiger partial charge in [0, 0.05) is 41.1 Å². The lowest BCUT2D eigenvalue weighted by Crippen LogP contribution is -2.42. The molecular weight excluding hydrogens is 312 g/mol. The normalized spacial score (nSPS) is 12.0. The van der Waals surface area contributed by atoms with Gasteiger partial charge in [0.2, 0.25) is 0 Å². The highest BCUT2D eigenvalue weighted by Gasteiger charge is 2.36. The van der Waals surface area contributed by atoms with Crippen LogP contribution in [0.15, 0.2) is 0 Å². The lowest BCUT2D eigenvalue weighted by molar-refractivity contribution is 0.0685. The predicted molar refractivity (Wildman–Crippen MR) is 95.8 cm³/mol. The lowest BCUT2D eigenvalue weighted by atomic mass is 10.1. The van der Waals surface area contributed by atoms with E-state index >= 15 is 0 Å². The Kier molecular flexibility index (Phi) is 16.9. The van der Waals surface area contributed by atoms with Gasteiger partial charge in [0.05, 0.1) is 13.2 Å². The molecular formula is C17H38O5Si. The van der Waals surface area contributed by atoms with Crippen LogP contribution in [0.4, 0.5) is 0 Å². The number of ether oxygens (including phenoxy) is 2. The van der Waals surface area contributed by atoms with Crippen LogP contribution in [0.1, 0.15) is 57.8 Å². The summed E-state index contributed by atoms with van der Waals surface area (Å²) in [6.45, 7) is 2.28. The second-order valence-corrected chi connectivity index (χ2v) is 8.92. The van der Waals surface area contributed by atoms with E-state index in [9.17, 15) is 0 Å². The zero-order chi connectivity index (χ0) is 17.2. The van der Waals surface area contributed by atoms with Crippen molar-refractivity contribution in [2.75, 3.05) is 48.3 Å². The highest BCUT2D eigenvalue weighted by Crippen LogP contribution is 2.18. The largest absolute Gasteiger partial charge is 0.500 e. The van der Waals surface area contributed by atoms with Crippen LogP contribution in [0, 0.1) is 0 Å². The van der Waals surface area contributed by atoms with Crippen molar-refractivity contribution in [3.63, 3.8) is 0 Å². The number of rotatable bonds is 18. The molecule has 5 nitrogen and oxygen atoms in total. The number of unbranched alkanes of at least 4 members (excludes halogenated alkanes) is 8. The minimum atomic E-state index is -2.34. The van der Waals surface area contributed by atoms with Crippen LogP contribution in [0.25, 0.3) is 0 Å². The molecule has 0 saturated heterocycles. The molecule has 0 N–H and O–H groups in total. The van der Waals surface area contributed by atoms with Crippen LogP contribution in [-0.4, -0.2) is 57.1 Å². The van der Waals surface area contributed by atoms with Crippen LogP contribution in [-0.2, 0) is 22.8 Å². The molecule has 0 aliphatic rings. The average molecular weight is 351 g/mol. The smallest absolute Gasteiger partial charge is 0.382 e. The molecule has 0 aromatic rings. The molecule has 0 heterocycles. The van der Waals surface area contributed by atoms with E-state index in [2.05, 4.69) is 0 Å². The van der Waals surface area contributed by atoms with Crippen molar-refractivity contribution in [1.29, 1.82) is 0 Å². The van der Waals surface area contributed by atoms with Crippen molar-refractivity contribution < 1.29 is 22.8 Å². The van der Waals surface area contributed by atoms with Gasteiger partial charge in [-0.05, 0) is 12.8 Å². The highest BCUT2D eigenvalue weighted by atomic mass is 28.4. The Balaban J connectivity index is 3.25. The monoisotopic (exact) mass is 350 g/mol. The van der Waals surface area contributed by atoms with Crippen molar-refractivity contribution in [3.8, 4) is 0 Å². The zero-order valence-corrected chi connectivity index (χ0v) is 16.7. The van der Waals surface area contributed by atoms with Gasteiger partial charge in [-0.25, -0.2) is 0 Å². The quantitative estimate of drug-likeness (QED) is 0.276. The van der Waals surface area contributed by atoms with E-state index in [0.717, 1.165) is 25.7 Å². The Labute approximate surface area is 144 Å². The Bertz CT molecular complexity index is 229. The first-order valence-corrected chi connectivity index (χ1v) is 10.9. The minimum Gasteiger partial charge on any atom is -0.382 e. The molecule has 140 valence electrons. The average Bonchev–Trinajstić information content (AvgIpc) is 2.59. The van der Waals surface area contributed by atoms with Crippen molar-refractivity contribution in [2.24, 2.45) is 0 Å². The van der Waals surface area contributed by atoms with Crippen LogP contribution in [0.2, 0.25) is 6.04 Å². The summed E-state index contributed by atoms with van der Waals surface area (Å²) in [6, 6.07) is 0.916. The molecule has 0 fully saturated rings. The standard InChI is InChI=1S/C17H38O5Si/c1-18-15-16-22-14-12-10-8-6-5-7-9-11-13-17-23(19-2,20-3)21-4/h5-17H2,1-4H3. The first kappa shape index (κ1) is 23.0. The van der Waals surface area contributed by atoms with Crippen molar-refractivity contribution >= 4 is 8.80 Å². The van der Waals surface area contributed by atoms with E-state index in [-0.39, 0.29) is 0 Å². The Morgan fingerprint density at radius 2 is 1.00 bits per heavy atom. The third-order valence-corrected chi connectivity index (χ3v) is 6.97. The molecule has 0 spiro atoms. The second kappa shape index (κ2) is 16.9. The summed E-state index contributed by atoms with van der Waals surface area (Å²) >= 11 is 0. The second-order valence-electron chi connectivity index (χ2n) is 5.83. The first-order valence-electron chi connectivity index (χ1n) is 8.96. The molecule has 0 aromatic heterocycles. The van der Waals surface area contributed by atoms with Gasteiger partial charge < -0.3 is 22.8 Å². The summed E-state index contributed by atoms with van der Waals surface area (Å²) in [5.74, 6) is 0. The maximum Gasteiger partial charge on any atom is 0.500 e. The van der Waals surface area contributed by atoms with E-state index in [1.54, 1.807) is 28.4 Å². The molecule has 0 aliphatic heterocycles. The zero-order valence-electron chi connectivity index (χ0n) is 15.7. The van der Waals surface area contributed by atoms with Crippen LogP contribution in [0.3, 0.4) is 0 Å². The van der Waals surface area contributed by atoms with Gasteiger partial charge in [0.1, 0.15) is 0 Å². The molecule has 0 rings (SSSR count). The summed E-state index contributed by atoms with van der Waals surface area (Å²) in [7, 11) is 4.41. The fraction of sp³-hybridized carbons (Fsp3) is 1.00. The fourth-order valence-electron chi connectivity index (χ4n) is 2.58. The van der Waals surface area contributed by atoms with E-state index in [1.165, 1.54) is 51.4 Å². The molecule has 0 radical (unpaired) electrons. The molecule has 0 amide bonds. The van der Waals surface area contributed by atoms with Gasteiger partial charge in [-0.15, -0.1) is 0 Å². The molecule has 0 unspecified atom stereocenters. The molecule has 0 bridgehead atoms. The molecule has 0 atom stereocenters. The van der Waals surface area contributed by atoms with Crippen molar-refractivity contribution in [1.82, 2.24) is 0 Å². The lowest BCUT2D eigenvalue weighted by Gasteiger charge is -2.24. The third-order valence-electron chi connectivity index (χ3n) is 4.14. The highest BCUT2D eigenvalue weighted by molar-refractivity contribution is 6.60. The van der Waals surface area contributed by atoms with Gasteiger partial charge in [-0.3, -0.25) is 0 Å². The van der Waals surface area contributed by atoms with E-state index in [4.69, 9.17) is 22.8 Å². The van der Waals surface area contributed by atoms with Gasteiger partial charge in [-0.1, -0.05) is 44.9 Å². The van der Waals surface area contributed by atoms with Gasteiger partial charge in [0.15, 0.2) is 0 Å².